The Morgan fingerprint density at radius 1 is 1.11 bits per heavy atom. The van der Waals surface area contributed by atoms with Crippen LogP contribution in [0.3, 0.4) is 0 Å². The number of carbonyl (C=O) groups is 2. The molecule has 3 aromatic rings. The Kier molecular flexibility index (Phi) is 7.10. The number of halogens is 2. The third kappa shape index (κ3) is 4.49. The molecule has 0 saturated heterocycles. The number of carbonyl (C=O) groups excluding carboxylic acids is 2. The SMILES string of the molecule is CCOC(=O)c1ccc(NC(=O)Cn2c3c(sc2=O)[C@@H](c2cccc(Cl)c2Cl)[C@@H]2[C@H]4CC[C@@H](C4)[C@H]2S3)cc1. The molecular weight excluding hydrogens is 563 g/mol. The van der Waals surface area contributed by atoms with E-state index in [0.717, 1.165) is 15.5 Å². The molecule has 198 valence electrons. The van der Waals surface area contributed by atoms with Crippen LogP contribution >= 0.6 is 46.3 Å². The first-order valence-electron chi connectivity index (χ1n) is 12.8. The zero-order chi connectivity index (χ0) is 26.6. The average molecular weight is 590 g/mol. The van der Waals surface area contributed by atoms with Gasteiger partial charge in [0.2, 0.25) is 5.91 Å². The van der Waals surface area contributed by atoms with Gasteiger partial charge in [-0.3, -0.25) is 14.2 Å². The summed E-state index contributed by atoms with van der Waals surface area (Å²) < 4.78 is 6.62. The minimum Gasteiger partial charge on any atom is -0.462 e. The molecule has 1 N–H and O–H groups in total. The molecule has 2 aromatic carbocycles. The van der Waals surface area contributed by atoms with Crippen molar-refractivity contribution in [2.45, 2.75) is 48.9 Å². The zero-order valence-electron chi connectivity index (χ0n) is 20.6. The van der Waals surface area contributed by atoms with Gasteiger partial charge in [-0.15, -0.1) is 11.8 Å². The van der Waals surface area contributed by atoms with Gasteiger partial charge in [0.15, 0.2) is 0 Å². The van der Waals surface area contributed by atoms with Crippen LogP contribution in [-0.4, -0.2) is 28.3 Å². The van der Waals surface area contributed by atoms with Crippen molar-refractivity contribution >= 4 is 63.9 Å². The summed E-state index contributed by atoms with van der Waals surface area (Å²) in [6, 6.07) is 12.3. The summed E-state index contributed by atoms with van der Waals surface area (Å²) in [4.78, 5) is 39.1. The van der Waals surface area contributed by atoms with Crippen molar-refractivity contribution in [1.29, 1.82) is 0 Å². The summed E-state index contributed by atoms with van der Waals surface area (Å²) in [7, 11) is 0. The fourth-order valence-corrected chi connectivity index (χ4v) is 10.0. The van der Waals surface area contributed by atoms with Crippen molar-refractivity contribution in [2.75, 3.05) is 11.9 Å². The first-order chi connectivity index (χ1) is 18.4. The molecule has 6 nitrogen and oxygen atoms in total. The lowest BCUT2D eigenvalue weighted by Crippen LogP contribution is -2.35. The van der Waals surface area contributed by atoms with Gasteiger partial charge in [-0.05, 0) is 79.8 Å². The fraction of sp³-hybridized carbons (Fsp3) is 0.393. The maximum Gasteiger partial charge on any atom is 0.338 e. The minimum absolute atomic E-state index is 0.00446. The van der Waals surface area contributed by atoms with Crippen LogP contribution in [0.15, 0.2) is 52.3 Å². The van der Waals surface area contributed by atoms with Gasteiger partial charge in [-0.1, -0.05) is 46.7 Å². The number of nitrogens with one attached hydrogen (secondary N) is 1. The van der Waals surface area contributed by atoms with Crippen molar-refractivity contribution in [3.8, 4) is 0 Å². The molecule has 0 radical (unpaired) electrons. The second-order valence-electron chi connectivity index (χ2n) is 10.1. The minimum atomic E-state index is -0.410. The number of fused-ring (bicyclic) bond motifs is 6. The molecular formula is C28H26Cl2N2O4S2. The lowest BCUT2D eigenvalue weighted by molar-refractivity contribution is -0.116. The Morgan fingerprint density at radius 2 is 1.87 bits per heavy atom. The lowest BCUT2D eigenvalue weighted by atomic mass is 9.75. The number of nitrogens with zero attached hydrogens (tertiary/aromatic N) is 1. The van der Waals surface area contributed by atoms with Crippen LogP contribution in [0.4, 0.5) is 5.69 Å². The van der Waals surface area contributed by atoms with E-state index in [2.05, 4.69) is 5.32 Å². The molecule has 2 aliphatic carbocycles. The van der Waals surface area contributed by atoms with E-state index in [1.54, 1.807) is 53.6 Å². The van der Waals surface area contributed by atoms with Crippen molar-refractivity contribution in [3.63, 3.8) is 0 Å². The highest BCUT2D eigenvalue weighted by molar-refractivity contribution is 8.00. The molecule has 0 unspecified atom stereocenters. The predicted octanol–water partition coefficient (Wildman–Crippen LogP) is 6.68. The average Bonchev–Trinajstić information content (AvgIpc) is 3.60. The maximum absolute atomic E-state index is 13.3. The number of ether oxygens (including phenoxy) is 1. The van der Waals surface area contributed by atoms with Crippen molar-refractivity contribution in [1.82, 2.24) is 4.57 Å². The first kappa shape index (κ1) is 26.0. The van der Waals surface area contributed by atoms with E-state index in [9.17, 15) is 14.4 Å². The number of thioether (sulfide) groups is 1. The topological polar surface area (TPSA) is 77.4 Å². The van der Waals surface area contributed by atoms with E-state index in [1.807, 2.05) is 12.1 Å². The maximum atomic E-state index is 13.3. The number of amides is 1. The van der Waals surface area contributed by atoms with Gasteiger partial charge < -0.3 is 10.1 Å². The quantitative estimate of drug-likeness (QED) is 0.325. The number of thiazole rings is 1. The second kappa shape index (κ2) is 10.4. The number of esters is 1. The molecule has 2 heterocycles. The molecule has 3 aliphatic rings. The summed E-state index contributed by atoms with van der Waals surface area (Å²) in [5, 5.41) is 5.19. The van der Waals surface area contributed by atoms with Crippen LogP contribution in [0.5, 0.6) is 0 Å². The summed E-state index contributed by atoms with van der Waals surface area (Å²) in [5.74, 6) is 0.906. The highest BCUT2D eigenvalue weighted by atomic mass is 35.5. The standard InChI is InChI=1S/C28H26Cl2N2O4S2/c1-2-36-27(34)14-8-10-17(11-9-14)31-20(33)13-32-26-25(38-28(32)35)22(18-4-3-5-19(29)23(18)30)21-15-6-7-16(12-15)24(21)37-26/h3-5,8-11,15-16,21-22,24H,2,6-7,12-13H2,1H3,(H,31,33)/t15-,16-,21-,22-,24+/m0/s1. The molecule has 2 bridgehead atoms. The van der Waals surface area contributed by atoms with E-state index in [4.69, 9.17) is 27.9 Å². The Labute approximate surface area is 238 Å². The summed E-state index contributed by atoms with van der Waals surface area (Å²) in [6.45, 7) is 1.96. The molecule has 6 rings (SSSR count). The van der Waals surface area contributed by atoms with Crippen LogP contribution in [0.25, 0.3) is 0 Å². The van der Waals surface area contributed by atoms with Gasteiger partial charge >= 0.3 is 10.8 Å². The summed E-state index contributed by atoms with van der Waals surface area (Å²) in [6.07, 6.45) is 3.63. The lowest BCUT2D eigenvalue weighted by Gasteiger charge is -2.40. The first-order valence-corrected chi connectivity index (χ1v) is 15.2. The molecule has 10 heteroatoms. The van der Waals surface area contributed by atoms with Crippen LogP contribution in [-0.2, 0) is 16.1 Å². The molecule has 5 atom stereocenters. The Bertz CT molecular complexity index is 1470. The molecule has 1 amide bonds. The van der Waals surface area contributed by atoms with Crippen LogP contribution in [0, 0.1) is 17.8 Å². The monoisotopic (exact) mass is 588 g/mol. The van der Waals surface area contributed by atoms with E-state index >= 15 is 0 Å². The van der Waals surface area contributed by atoms with Gasteiger partial charge in [0.05, 0.1) is 27.2 Å². The highest BCUT2D eigenvalue weighted by Crippen LogP contribution is 2.64. The summed E-state index contributed by atoms with van der Waals surface area (Å²) in [5.41, 5.74) is 1.93. The van der Waals surface area contributed by atoms with Gasteiger partial charge in [-0.2, -0.15) is 0 Å². The van der Waals surface area contributed by atoms with Gasteiger partial charge in [0.1, 0.15) is 6.54 Å². The number of hydrogen-bond donors (Lipinski definition) is 1. The predicted molar refractivity (Wildman–Crippen MR) is 152 cm³/mol. The Hall–Kier alpha value is -2.26. The molecule has 38 heavy (non-hydrogen) atoms. The molecule has 1 aliphatic heterocycles. The smallest absolute Gasteiger partial charge is 0.338 e. The molecule has 2 fully saturated rings. The number of benzene rings is 2. The van der Waals surface area contributed by atoms with E-state index in [-0.39, 0.29) is 23.2 Å². The molecule has 1 aromatic heterocycles. The van der Waals surface area contributed by atoms with Gasteiger partial charge in [0, 0.05) is 21.7 Å². The highest BCUT2D eigenvalue weighted by Gasteiger charge is 2.55. The van der Waals surface area contributed by atoms with Crippen molar-refractivity contribution < 1.29 is 14.3 Å². The molecule has 2 saturated carbocycles. The number of rotatable bonds is 6. The third-order valence-electron chi connectivity index (χ3n) is 7.99. The number of aromatic nitrogens is 1. The number of hydrogen-bond acceptors (Lipinski definition) is 6. The van der Waals surface area contributed by atoms with E-state index in [0.29, 0.717) is 50.9 Å². The van der Waals surface area contributed by atoms with Crippen LogP contribution in [0.1, 0.15) is 52.9 Å². The Balaban J connectivity index is 1.30. The van der Waals surface area contributed by atoms with Gasteiger partial charge in [0.25, 0.3) is 0 Å². The fourth-order valence-electron chi connectivity index (χ4n) is 6.44. The molecule has 0 spiro atoms. The van der Waals surface area contributed by atoms with Crippen LogP contribution < -0.4 is 10.2 Å². The number of anilines is 1. The zero-order valence-corrected chi connectivity index (χ0v) is 23.8. The van der Waals surface area contributed by atoms with E-state index in [1.165, 1.54) is 30.6 Å². The van der Waals surface area contributed by atoms with E-state index < -0.39 is 5.97 Å². The summed E-state index contributed by atoms with van der Waals surface area (Å²) >= 11 is 16.2. The Morgan fingerprint density at radius 3 is 2.63 bits per heavy atom. The van der Waals surface area contributed by atoms with Crippen molar-refractivity contribution in [2.24, 2.45) is 17.8 Å². The largest absolute Gasteiger partial charge is 0.462 e. The van der Waals surface area contributed by atoms with Crippen LogP contribution in [0.2, 0.25) is 10.0 Å². The van der Waals surface area contributed by atoms with Gasteiger partial charge in [-0.25, -0.2) is 4.79 Å². The van der Waals surface area contributed by atoms with Crippen molar-refractivity contribution in [3.05, 3.63) is 78.2 Å². The third-order valence-corrected chi connectivity index (χ3v) is 11.6. The normalized spacial score (nSPS) is 25.1. The second-order valence-corrected chi connectivity index (χ2v) is 13.0.